The van der Waals surface area contributed by atoms with Crippen LogP contribution in [0.3, 0.4) is 0 Å². The van der Waals surface area contributed by atoms with Crippen LogP contribution in [-0.4, -0.2) is 49.4 Å². The molecule has 0 aliphatic carbocycles. The largest absolute Gasteiger partial charge is 0.462 e. The van der Waals surface area contributed by atoms with Crippen molar-refractivity contribution < 1.29 is 29.1 Å². The number of hydroxylamine groups is 1. The van der Waals surface area contributed by atoms with E-state index in [-0.39, 0.29) is 25.6 Å². The second-order valence-corrected chi connectivity index (χ2v) is 7.41. The molecule has 2 amide bonds. The fourth-order valence-electron chi connectivity index (χ4n) is 2.98. The smallest absolute Gasteiger partial charge is 0.329 e. The Labute approximate surface area is 171 Å². The van der Waals surface area contributed by atoms with Gasteiger partial charge >= 0.3 is 5.97 Å². The van der Waals surface area contributed by atoms with Gasteiger partial charge in [0.05, 0.1) is 6.61 Å². The molecule has 8 heteroatoms. The molecule has 1 rings (SSSR count). The van der Waals surface area contributed by atoms with E-state index < -0.39 is 35.7 Å². The second-order valence-electron chi connectivity index (χ2n) is 7.41. The Morgan fingerprint density at radius 1 is 1.03 bits per heavy atom. The van der Waals surface area contributed by atoms with Crippen molar-refractivity contribution in [3.63, 3.8) is 0 Å². The summed E-state index contributed by atoms with van der Waals surface area (Å²) in [6, 6.07) is 8.37. The third-order valence-electron chi connectivity index (χ3n) is 4.60. The Morgan fingerprint density at radius 2 is 1.69 bits per heavy atom. The molecule has 0 radical (unpaired) electrons. The Bertz CT molecular complexity index is 650. The Morgan fingerprint density at radius 3 is 2.24 bits per heavy atom. The van der Waals surface area contributed by atoms with Gasteiger partial charge in [0.25, 0.3) is 0 Å². The summed E-state index contributed by atoms with van der Waals surface area (Å²) in [5.41, 5.74) is 2.46. The van der Waals surface area contributed by atoms with Crippen molar-refractivity contribution in [2.75, 3.05) is 20.3 Å². The van der Waals surface area contributed by atoms with Gasteiger partial charge in [0.2, 0.25) is 11.8 Å². The zero-order chi connectivity index (χ0) is 21.8. The Kier molecular flexibility index (Phi) is 10.9. The minimum Gasteiger partial charge on any atom is -0.462 e. The minimum atomic E-state index is -0.902. The number of benzene rings is 1. The predicted octanol–water partition coefficient (Wildman–Crippen LogP) is 1.71. The monoisotopic (exact) mass is 408 g/mol. The first kappa shape index (κ1) is 24.6. The number of hydrogen-bond donors (Lipinski definition) is 3. The summed E-state index contributed by atoms with van der Waals surface area (Å²) in [5.74, 6) is -2.97. The molecule has 1 aromatic carbocycles. The number of carbonyl (C=O) groups excluding carboxylic acids is 3. The molecular weight excluding hydrogens is 376 g/mol. The Balaban J connectivity index is 2.98. The summed E-state index contributed by atoms with van der Waals surface area (Å²) in [5, 5.41) is 11.7. The highest BCUT2D eigenvalue weighted by Crippen LogP contribution is 2.22. The summed E-state index contributed by atoms with van der Waals surface area (Å²) in [6.07, 6.45) is 0.685. The van der Waals surface area contributed by atoms with E-state index in [1.165, 1.54) is 7.11 Å². The van der Waals surface area contributed by atoms with Crippen molar-refractivity contribution in [1.29, 1.82) is 0 Å². The van der Waals surface area contributed by atoms with E-state index in [4.69, 9.17) is 14.7 Å². The van der Waals surface area contributed by atoms with E-state index in [2.05, 4.69) is 5.32 Å². The van der Waals surface area contributed by atoms with Gasteiger partial charge in [-0.05, 0) is 17.9 Å². The molecule has 1 aromatic rings. The summed E-state index contributed by atoms with van der Waals surface area (Å²) in [6.45, 7) is 5.77. The SMILES string of the molecule is COCCOC(=O)[C@@H](Cc1ccccc1)NC(=O)[C@H](CC(C)C)[C@H](C)C(=O)NO. The minimum absolute atomic E-state index is 0.0786. The van der Waals surface area contributed by atoms with Crippen molar-refractivity contribution in [3.8, 4) is 0 Å². The summed E-state index contributed by atoms with van der Waals surface area (Å²) in [4.78, 5) is 37.4. The van der Waals surface area contributed by atoms with Crippen LogP contribution in [0.2, 0.25) is 0 Å². The average Bonchev–Trinajstić information content (AvgIpc) is 2.71. The van der Waals surface area contributed by atoms with Gasteiger partial charge in [-0.3, -0.25) is 14.8 Å². The molecule has 0 bridgehead atoms. The molecule has 0 saturated carbocycles. The van der Waals surface area contributed by atoms with Crippen molar-refractivity contribution in [3.05, 3.63) is 35.9 Å². The van der Waals surface area contributed by atoms with Crippen molar-refractivity contribution in [2.24, 2.45) is 17.8 Å². The molecule has 0 aromatic heterocycles. The van der Waals surface area contributed by atoms with Crippen LogP contribution in [0.25, 0.3) is 0 Å². The standard InChI is InChI=1S/C21H32N2O6/c1-14(2)12-17(15(3)19(24)23-27)20(25)22-18(21(26)29-11-10-28-4)13-16-8-6-5-7-9-16/h5-9,14-15,17-18,27H,10-13H2,1-4H3,(H,22,25)(H,23,24)/t15-,17+,18+/m0/s1. The van der Waals surface area contributed by atoms with Gasteiger partial charge in [0, 0.05) is 25.4 Å². The van der Waals surface area contributed by atoms with E-state index in [0.717, 1.165) is 5.56 Å². The third-order valence-corrected chi connectivity index (χ3v) is 4.60. The lowest BCUT2D eigenvalue weighted by atomic mass is 9.85. The zero-order valence-electron chi connectivity index (χ0n) is 17.5. The van der Waals surface area contributed by atoms with Gasteiger partial charge in [0.1, 0.15) is 12.6 Å². The highest BCUT2D eigenvalue weighted by Gasteiger charge is 2.33. The van der Waals surface area contributed by atoms with Crippen LogP contribution < -0.4 is 10.8 Å². The average molecular weight is 408 g/mol. The summed E-state index contributed by atoms with van der Waals surface area (Å²) in [7, 11) is 1.50. The quantitative estimate of drug-likeness (QED) is 0.210. The van der Waals surface area contributed by atoms with Gasteiger partial charge in [-0.1, -0.05) is 51.1 Å². The lowest BCUT2D eigenvalue weighted by Gasteiger charge is -2.26. The molecule has 0 aliphatic heterocycles. The highest BCUT2D eigenvalue weighted by molar-refractivity contribution is 5.90. The number of nitrogens with one attached hydrogen (secondary N) is 2. The van der Waals surface area contributed by atoms with Crippen molar-refractivity contribution in [1.82, 2.24) is 10.8 Å². The van der Waals surface area contributed by atoms with Gasteiger partial charge in [-0.15, -0.1) is 0 Å². The van der Waals surface area contributed by atoms with Crippen LogP contribution in [0, 0.1) is 17.8 Å². The topological polar surface area (TPSA) is 114 Å². The van der Waals surface area contributed by atoms with Gasteiger partial charge in [-0.25, -0.2) is 10.3 Å². The summed E-state index contributed by atoms with van der Waals surface area (Å²) >= 11 is 0. The maximum atomic E-state index is 13.0. The van der Waals surface area contributed by atoms with Crippen molar-refractivity contribution in [2.45, 2.75) is 39.7 Å². The van der Waals surface area contributed by atoms with E-state index in [1.807, 2.05) is 44.2 Å². The number of ether oxygens (including phenoxy) is 2. The van der Waals surface area contributed by atoms with Crippen LogP contribution in [0.15, 0.2) is 30.3 Å². The highest BCUT2D eigenvalue weighted by atomic mass is 16.6. The van der Waals surface area contributed by atoms with Gasteiger partial charge < -0.3 is 14.8 Å². The molecule has 0 aliphatic rings. The van der Waals surface area contributed by atoms with Crippen LogP contribution in [0.5, 0.6) is 0 Å². The number of hydrogen-bond acceptors (Lipinski definition) is 6. The molecule has 0 fully saturated rings. The maximum absolute atomic E-state index is 13.0. The molecule has 162 valence electrons. The maximum Gasteiger partial charge on any atom is 0.329 e. The molecular formula is C21H32N2O6. The molecule has 29 heavy (non-hydrogen) atoms. The van der Waals surface area contributed by atoms with Gasteiger partial charge in [-0.2, -0.15) is 0 Å². The zero-order valence-corrected chi connectivity index (χ0v) is 17.5. The summed E-state index contributed by atoms with van der Waals surface area (Å²) < 4.78 is 10.1. The molecule has 0 unspecified atom stereocenters. The van der Waals surface area contributed by atoms with Crippen molar-refractivity contribution >= 4 is 17.8 Å². The van der Waals surface area contributed by atoms with Crippen LogP contribution in [-0.2, 0) is 30.3 Å². The number of carbonyl (C=O) groups is 3. The number of rotatable bonds is 12. The fourth-order valence-corrected chi connectivity index (χ4v) is 2.98. The van der Waals surface area contributed by atoms with Gasteiger partial charge in [0.15, 0.2) is 0 Å². The van der Waals surface area contributed by atoms with Crippen LogP contribution in [0.4, 0.5) is 0 Å². The van der Waals surface area contributed by atoms with Crippen LogP contribution in [0.1, 0.15) is 32.8 Å². The van der Waals surface area contributed by atoms with E-state index in [0.29, 0.717) is 6.42 Å². The van der Waals surface area contributed by atoms with E-state index in [9.17, 15) is 14.4 Å². The second kappa shape index (κ2) is 12.9. The molecule has 3 atom stereocenters. The number of amides is 2. The fraction of sp³-hybridized carbons (Fsp3) is 0.571. The number of esters is 1. The molecule has 0 saturated heterocycles. The van der Waals surface area contributed by atoms with E-state index in [1.54, 1.807) is 12.4 Å². The lowest BCUT2D eigenvalue weighted by molar-refractivity contribution is -0.150. The van der Waals surface area contributed by atoms with E-state index >= 15 is 0 Å². The first-order valence-corrected chi connectivity index (χ1v) is 9.73. The predicted molar refractivity (Wildman–Crippen MR) is 107 cm³/mol. The molecule has 8 nitrogen and oxygen atoms in total. The van der Waals surface area contributed by atoms with Crippen LogP contribution >= 0.6 is 0 Å². The third kappa shape index (κ3) is 8.62. The molecule has 0 heterocycles. The first-order chi connectivity index (χ1) is 13.8. The molecule has 3 N–H and O–H groups in total. The first-order valence-electron chi connectivity index (χ1n) is 9.73. The normalized spacial score (nSPS) is 14.0. The Hall–Kier alpha value is -2.45. The molecule has 0 spiro atoms. The number of methoxy groups -OCH3 is 1. The lowest BCUT2D eigenvalue weighted by Crippen LogP contribution is -2.48.